The second kappa shape index (κ2) is 9.30. The molecule has 162 valence electrons. The maximum Gasteiger partial charge on any atom is 0.375 e. The maximum absolute atomic E-state index is 13.7. The monoisotopic (exact) mass is 437 g/mol. The highest BCUT2D eigenvalue weighted by Gasteiger charge is 2.23. The van der Waals surface area contributed by atoms with Crippen molar-refractivity contribution in [2.24, 2.45) is 0 Å². The van der Waals surface area contributed by atoms with Crippen LogP contribution in [0.2, 0.25) is 0 Å². The number of hydrogen-bond acceptors (Lipinski definition) is 5. The van der Waals surface area contributed by atoms with Gasteiger partial charge in [-0.1, -0.05) is 36.4 Å². The Hall–Kier alpha value is -4.20. The molecule has 3 aromatic carbocycles. The summed E-state index contributed by atoms with van der Waals surface area (Å²) in [6.45, 7) is -0.684. The molecule has 8 heteroatoms. The number of ether oxygens (including phenoxy) is 2. The Morgan fingerprint density at radius 2 is 1.69 bits per heavy atom. The van der Waals surface area contributed by atoms with Gasteiger partial charge < -0.3 is 19.2 Å². The van der Waals surface area contributed by atoms with E-state index in [2.05, 4.69) is 5.32 Å². The predicted octanol–water partition coefficient (Wildman–Crippen LogP) is 5.09. The molecule has 1 amide bonds. The molecule has 0 spiro atoms. The molecule has 1 heterocycles. The molecule has 0 unspecified atom stereocenters. The van der Waals surface area contributed by atoms with Crippen LogP contribution >= 0.6 is 0 Å². The van der Waals surface area contributed by atoms with Crippen LogP contribution in [0.4, 0.5) is 14.5 Å². The van der Waals surface area contributed by atoms with Gasteiger partial charge in [-0.2, -0.15) is 0 Å². The number of nitrogens with one attached hydrogen (secondary N) is 1. The molecular formula is C24H17F2NO5. The zero-order valence-corrected chi connectivity index (χ0v) is 16.6. The number of hydrogen-bond donors (Lipinski definition) is 1. The molecule has 0 aliphatic carbocycles. The van der Waals surface area contributed by atoms with Gasteiger partial charge in [0.05, 0.1) is 11.3 Å². The number of esters is 1. The van der Waals surface area contributed by atoms with Crippen molar-refractivity contribution in [1.82, 2.24) is 0 Å². The van der Waals surface area contributed by atoms with Crippen molar-refractivity contribution in [3.8, 4) is 5.75 Å². The zero-order chi connectivity index (χ0) is 22.5. The van der Waals surface area contributed by atoms with Crippen molar-refractivity contribution >= 4 is 28.5 Å². The minimum Gasteiger partial charge on any atom is -0.489 e. The standard InChI is InChI=1S/C24H17F2NO5/c25-15-10-11-19(26)20(12-15)27-22(28)14-31-24(29)23-18(13-30-16-6-2-1-3-7-16)17-8-4-5-9-21(17)32-23/h1-12H,13-14H2,(H,27,28). The van der Waals surface area contributed by atoms with Gasteiger partial charge in [-0.25, -0.2) is 13.6 Å². The summed E-state index contributed by atoms with van der Waals surface area (Å²) in [6, 6.07) is 18.7. The molecule has 0 radical (unpaired) electrons. The molecule has 4 rings (SSSR count). The Labute approximate surface area is 181 Å². The largest absolute Gasteiger partial charge is 0.489 e. The van der Waals surface area contributed by atoms with Crippen LogP contribution in [-0.2, 0) is 16.1 Å². The van der Waals surface area contributed by atoms with E-state index in [4.69, 9.17) is 13.9 Å². The van der Waals surface area contributed by atoms with Gasteiger partial charge in [0.1, 0.15) is 29.6 Å². The lowest BCUT2D eigenvalue weighted by Gasteiger charge is -2.08. The summed E-state index contributed by atoms with van der Waals surface area (Å²) >= 11 is 0. The van der Waals surface area contributed by atoms with Crippen LogP contribution < -0.4 is 10.1 Å². The number of carbonyl (C=O) groups excluding carboxylic acids is 2. The highest BCUT2D eigenvalue weighted by atomic mass is 19.1. The van der Waals surface area contributed by atoms with E-state index in [1.54, 1.807) is 36.4 Å². The first-order chi connectivity index (χ1) is 15.5. The van der Waals surface area contributed by atoms with Gasteiger partial charge in [0.25, 0.3) is 5.91 Å². The van der Waals surface area contributed by atoms with Gasteiger partial charge in [0, 0.05) is 11.5 Å². The van der Waals surface area contributed by atoms with E-state index in [9.17, 15) is 18.4 Å². The fourth-order valence-electron chi connectivity index (χ4n) is 3.06. The first-order valence-corrected chi connectivity index (χ1v) is 9.61. The summed E-state index contributed by atoms with van der Waals surface area (Å²) < 4.78 is 43.3. The molecule has 0 atom stereocenters. The molecule has 4 aromatic rings. The van der Waals surface area contributed by atoms with Gasteiger partial charge in [0.15, 0.2) is 6.61 Å². The topological polar surface area (TPSA) is 77.8 Å². The number of anilines is 1. The number of fused-ring (bicyclic) bond motifs is 1. The highest BCUT2D eigenvalue weighted by molar-refractivity contribution is 5.98. The van der Waals surface area contributed by atoms with Gasteiger partial charge in [-0.05, 0) is 30.3 Å². The summed E-state index contributed by atoms with van der Waals surface area (Å²) in [5.74, 6) is -2.75. The minimum absolute atomic E-state index is 0.0339. The minimum atomic E-state index is -0.886. The van der Waals surface area contributed by atoms with E-state index in [1.165, 1.54) is 0 Å². The fraction of sp³-hybridized carbons (Fsp3) is 0.0833. The molecule has 0 fully saturated rings. The molecule has 0 saturated heterocycles. The first kappa shape index (κ1) is 21.0. The number of benzene rings is 3. The van der Waals surface area contributed by atoms with E-state index in [0.29, 0.717) is 22.3 Å². The normalized spacial score (nSPS) is 10.7. The molecule has 1 aromatic heterocycles. The molecule has 0 bridgehead atoms. The predicted molar refractivity (Wildman–Crippen MR) is 112 cm³/mol. The van der Waals surface area contributed by atoms with E-state index < -0.39 is 30.1 Å². The number of rotatable bonds is 7. The van der Waals surface area contributed by atoms with Gasteiger partial charge in [-0.15, -0.1) is 0 Å². The Morgan fingerprint density at radius 1 is 0.938 bits per heavy atom. The van der Waals surface area contributed by atoms with Crippen LogP contribution in [0, 0.1) is 11.6 Å². The van der Waals surface area contributed by atoms with Gasteiger partial charge >= 0.3 is 5.97 Å². The fourth-order valence-corrected chi connectivity index (χ4v) is 3.06. The third kappa shape index (κ3) is 4.75. The van der Waals surface area contributed by atoms with Crippen LogP contribution in [0.1, 0.15) is 16.1 Å². The first-order valence-electron chi connectivity index (χ1n) is 9.61. The van der Waals surface area contributed by atoms with Crippen LogP contribution in [0.3, 0.4) is 0 Å². The zero-order valence-electron chi connectivity index (χ0n) is 16.6. The van der Waals surface area contributed by atoms with Crippen molar-refractivity contribution in [3.05, 3.63) is 95.8 Å². The van der Waals surface area contributed by atoms with E-state index >= 15 is 0 Å². The Kier molecular flexibility index (Phi) is 6.12. The summed E-state index contributed by atoms with van der Waals surface area (Å²) in [5.41, 5.74) is 0.565. The number of amides is 1. The van der Waals surface area contributed by atoms with Crippen molar-refractivity contribution < 1.29 is 32.3 Å². The maximum atomic E-state index is 13.7. The summed E-state index contributed by atoms with van der Waals surface area (Å²) in [7, 11) is 0. The number of halogens is 2. The van der Waals surface area contributed by atoms with Crippen LogP contribution in [0.25, 0.3) is 11.0 Å². The summed E-state index contributed by atoms with van der Waals surface area (Å²) in [6.07, 6.45) is 0. The van der Waals surface area contributed by atoms with Crippen molar-refractivity contribution in [2.75, 3.05) is 11.9 Å². The van der Waals surface area contributed by atoms with E-state index in [0.717, 1.165) is 18.2 Å². The van der Waals surface area contributed by atoms with Crippen molar-refractivity contribution in [2.45, 2.75) is 6.61 Å². The van der Waals surface area contributed by atoms with Crippen LogP contribution in [0.15, 0.2) is 77.2 Å². The molecule has 0 saturated carbocycles. The molecule has 0 aliphatic heterocycles. The second-order valence-electron chi connectivity index (χ2n) is 6.76. The van der Waals surface area contributed by atoms with E-state index in [1.807, 2.05) is 18.2 Å². The van der Waals surface area contributed by atoms with Crippen molar-refractivity contribution in [1.29, 1.82) is 0 Å². The second-order valence-corrected chi connectivity index (χ2v) is 6.76. The molecule has 32 heavy (non-hydrogen) atoms. The number of carbonyl (C=O) groups is 2. The molecule has 0 aliphatic rings. The Balaban J connectivity index is 1.48. The summed E-state index contributed by atoms with van der Waals surface area (Å²) in [4.78, 5) is 24.7. The van der Waals surface area contributed by atoms with E-state index in [-0.39, 0.29) is 18.1 Å². The average Bonchev–Trinajstić information content (AvgIpc) is 3.18. The lowest BCUT2D eigenvalue weighted by molar-refractivity contribution is -0.119. The number of furan rings is 1. The highest BCUT2D eigenvalue weighted by Crippen LogP contribution is 2.28. The van der Waals surface area contributed by atoms with Crippen LogP contribution in [0.5, 0.6) is 5.75 Å². The molecular weight excluding hydrogens is 420 g/mol. The SMILES string of the molecule is O=C(COC(=O)c1oc2ccccc2c1COc1ccccc1)Nc1cc(F)ccc1F. The number of para-hydroxylation sites is 2. The van der Waals surface area contributed by atoms with Gasteiger partial charge in [-0.3, -0.25) is 4.79 Å². The Morgan fingerprint density at radius 3 is 2.50 bits per heavy atom. The molecule has 1 N–H and O–H groups in total. The lowest BCUT2D eigenvalue weighted by Crippen LogP contribution is -2.22. The van der Waals surface area contributed by atoms with Gasteiger partial charge in [0.2, 0.25) is 5.76 Å². The average molecular weight is 437 g/mol. The lowest BCUT2D eigenvalue weighted by atomic mass is 10.1. The smallest absolute Gasteiger partial charge is 0.375 e. The third-order valence-electron chi connectivity index (χ3n) is 4.55. The van der Waals surface area contributed by atoms with Crippen molar-refractivity contribution in [3.63, 3.8) is 0 Å². The molecule has 6 nitrogen and oxygen atoms in total. The quantitative estimate of drug-likeness (QED) is 0.408. The summed E-state index contributed by atoms with van der Waals surface area (Å²) in [5, 5.41) is 2.83. The Bertz CT molecular complexity index is 1270. The van der Waals surface area contributed by atoms with Crippen LogP contribution in [-0.4, -0.2) is 18.5 Å². The third-order valence-corrected chi connectivity index (χ3v) is 4.55.